The summed E-state index contributed by atoms with van der Waals surface area (Å²) in [6.07, 6.45) is 0. The molecule has 0 bridgehead atoms. The molecular weight excluding hydrogens is 373 g/mol. The smallest absolute Gasteiger partial charge is 0.285 e. The highest BCUT2D eigenvalue weighted by atomic mass is 32.2. The summed E-state index contributed by atoms with van der Waals surface area (Å²) in [6.45, 7) is 0. The van der Waals surface area contributed by atoms with Crippen molar-refractivity contribution in [2.75, 3.05) is 0 Å². The second-order valence-corrected chi connectivity index (χ2v) is 8.80. The van der Waals surface area contributed by atoms with Gasteiger partial charge in [0, 0.05) is 21.4 Å². The maximum atomic E-state index is 13.4. The first-order valence-electron chi connectivity index (χ1n) is 9.78. The molecule has 134 valence electrons. The molecule has 0 amide bonds. The molecule has 3 heterocycles. The van der Waals surface area contributed by atoms with Crippen LogP contribution in [0.5, 0.6) is 0 Å². The largest absolute Gasteiger partial charge is 0.310 e. The maximum Gasteiger partial charge on any atom is 0.285 e. The Bertz CT molecular complexity index is 1570. The lowest BCUT2D eigenvalue weighted by Gasteiger charge is -2.34. The van der Waals surface area contributed by atoms with Gasteiger partial charge in [0.2, 0.25) is 0 Å². The number of fused-ring (bicyclic) bond motifs is 7. The first-order chi connectivity index (χ1) is 14.3. The van der Waals surface area contributed by atoms with Crippen LogP contribution in [0.3, 0.4) is 0 Å². The van der Waals surface area contributed by atoms with Crippen LogP contribution in [0.2, 0.25) is 0 Å². The Kier molecular flexibility index (Phi) is 2.93. The van der Waals surface area contributed by atoms with Crippen LogP contribution in [0.1, 0.15) is 0 Å². The first kappa shape index (κ1) is 15.7. The Labute approximate surface area is 171 Å². The van der Waals surface area contributed by atoms with Gasteiger partial charge in [-0.2, -0.15) is 11.6 Å². The molecule has 4 aromatic carbocycles. The fourth-order valence-corrected chi connectivity index (χ4v) is 6.42. The summed E-state index contributed by atoms with van der Waals surface area (Å²) in [5.74, 6) is 0.195. The van der Waals surface area contributed by atoms with Gasteiger partial charge in [0.25, 0.3) is 5.99 Å². The predicted molar refractivity (Wildman–Crippen MR) is 123 cm³/mol. The third-order valence-electron chi connectivity index (χ3n) is 6.22. The molecule has 0 aliphatic carbocycles. The molecule has 0 radical (unpaired) electrons. The van der Waals surface area contributed by atoms with E-state index in [0.29, 0.717) is 0 Å². The van der Waals surface area contributed by atoms with Crippen molar-refractivity contribution in [2.45, 2.75) is 4.90 Å². The minimum Gasteiger partial charge on any atom is -0.310 e. The molecule has 4 heteroatoms. The van der Waals surface area contributed by atoms with E-state index >= 15 is 0 Å². The van der Waals surface area contributed by atoms with E-state index in [4.69, 9.17) is 0 Å². The Hall–Kier alpha value is -3.24. The van der Waals surface area contributed by atoms with E-state index in [1.54, 1.807) is 0 Å². The van der Waals surface area contributed by atoms with E-state index in [1.165, 1.54) is 32.6 Å². The topological polar surface area (TPSA) is 22.0 Å². The van der Waals surface area contributed by atoms with Gasteiger partial charge in [-0.1, -0.05) is 54.6 Å². The zero-order chi connectivity index (χ0) is 19.1. The van der Waals surface area contributed by atoms with E-state index < -0.39 is 0 Å². The molecule has 7 rings (SSSR count). The second-order valence-electron chi connectivity index (χ2n) is 7.66. The fourth-order valence-electron chi connectivity index (χ4n) is 5.02. The molecule has 2 nitrogen and oxygen atoms in total. The van der Waals surface area contributed by atoms with E-state index in [1.807, 2.05) is 35.9 Å². The van der Waals surface area contributed by atoms with Crippen LogP contribution in [0.4, 0.5) is 0 Å². The van der Waals surface area contributed by atoms with Gasteiger partial charge < -0.3 is 4.57 Å². The zero-order valence-corrected chi connectivity index (χ0v) is 16.2. The quantitative estimate of drug-likeness (QED) is 0.291. The summed E-state index contributed by atoms with van der Waals surface area (Å²) < 4.78 is 2.31. The van der Waals surface area contributed by atoms with Crippen molar-refractivity contribution in [3.63, 3.8) is 0 Å². The monoisotopic (exact) mass is 387 g/mol. The molecule has 2 aliphatic rings. The average Bonchev–Trinajstić information content (AvgIpc) is 2.79. The van der Waals surface area contributed by atoms with Gasteiger partial charge in [0.15, 0.2) is 5.43 Å². The Morgan fingerprint density at radius 1 is 0.724 bits per heavy atom. The number of benzene rings is 4. The van der Waals surface area contributed by atoms with Crippen LogP contribution >= 0.6 is 11.6 Å². The molecular formula is C25H14BNOS. The first-order valence-corrected chi connectivity index (χ1v) is 10.7. The molecule has 0 N–H and O–H groups in total. The number of para-hydroxylation sites is 2. The lowest BCUT2D eigenvalue weighted by atomic mass is 9.56. The van der Waals surface area contributed by atoms with Gasteiger partial charge in [0.05, 0.1) is 11.0 Å². The van der Waals surface area contributed by atoms with E-state index in [9.17, 15) is 4.79 Å². The molecule has 0 atom stereocenters. The molecule has 0 fully saturated rings. The molecule has 0 saturated carbocycles. The summed E-state index contributed by atoms with van der Waals surface area (Å²) in [5, 5.41) is 1.58. The van der Waals surface area contributed by atoms with Gasteiger partial charge in [-0.25, -0.2) is 0 Å². The van der Waals surface area contributed by atoms with Gasteiger partial charge in [0.1, 0.15) is 0 Å². The van der Waals surface area contributed by atoms with Crippen LogP contribution in [0.15, 0.2) is 94.6 Å². The highest BCUT2D eigenvalue weighted by Gasteiger charge is 2.38. The van der Waals surface area contributed by atoms with Gasteiger partial charge in [-0.3, -0.25) is 4.79 Å². The van der Waals surface area contributed by atoms with E-state index in [-0.39, 0.29) is 11.4 Å². The average molecular weight is 387 g/mol. The summed E-state index contributed by atoms with van der Waals surface area (Å²) >= 11 is 1.90. The van der Waals surface area contributed by atoms with Crippen molar-refractivity contribution in [3.8, 4) is 16.8 Å². The Morgan fingerprint density at radius 3 is 2.48 bits per heavy atom. The molecule has 0 spiro atoms. The number of rotatable bonds is 0. The lowest BCUT2D eigenvalue weighted by molar-refractivity contribution is 1.17. The van der Waals surface area contributed by atoms with Crippen molar-refractivity contribution < 1.29 is 0 Å². The fraction of sp³-hybridized carbons (Fsp3) is 0. The van der Waals surface area contributed by atoms with Crippen molar-refractivity contribution in [1.29, 1.82) is 0 Å². The summed E-state index contributed by atoms with van der Waals surface area (Å²) in [5.41, 5.74) is 8.43. The van der Waals surface area contributed by atoms with Crippen LogP contribution in [-0.2, 0) is 0 Å². The maximum absolute atomic E-state index is 13.4. The van der Waals surface area contributed by atoms with Crippen LogP contribution in [-0.4, -0.2) is 10.6 Å². The zero-order valence-electron chi connectivity index (χ0n) is 15.4. The molecule has 2 aliphatic heterocycles. The van der Waals surface area contributed by atoms with Gasteiger partial charge >= 0.3 is 0 Å². The molecule has 0 saturated heterocycles. The minimum absolute atomic E-state index is 0.122. The van der Waals surface area contributed by atoms with E-state index in [2.05, 4.69) is 65.2 Å². The SMILES string of the molecule is O=c1c2ccccc2n2c3c4c(ccc13)-c1ccccc1SB4c1ccccc1-2. The lowest BCUT2D eigenvalue weighted by Crippen LogP contribution is -2.48. The van der Waals surface area contributed by atoms with Crippen molar-refractivity contribution in [1.82, 2.24) is 4.57 Å². The standard InChI is InChI=1S/C25H14BNOS/c28-25-17-8-1-4-10-20(17)27-21-11-5-3-9-19(21)26-23-16(13-14-18(25)24(23)27)15-7-2-6-12-22(15)29-26/h1-14H. The van der Waals surface area contributed by atoms with Crippen LogP contribution in [0.25, 0.3) is 38.6 Å². The third kappa shape index (κ3) is 1.87. The minimum atomic E-state index is 0.122. The number of hydrogen-bond donors (Lipinski definition) is 0. The van der Waals surface area contributed by atoms with Crippen LogP contribution < -0.4 is 16.4 Å². The van der Waals surface area contributed by atoms with Gasteiger partial charge in [-0.15, -0.1) is 0 Å². The molecule has 29 heavy (non-hydrogen) atoms. The second kappa shape index (κ2) is 5.43. The number of hydrogen-bond acceptors (Lipinski definition) is 2. The van der Waals surface area contributed by atoms with Crippen molar-refractivity contribution in [2.24, 2.45) is 0 Å². The normalized spacial score (nSPS) is 13.4. The Balaban J connectivity index is 1.80. The third-order valence-corrected chi connectivity index (χ3v) is 7.55. The predicted octanol–water partition coefficient (Wildman–Crippen LogP) is 4.34. The summed E-state index contributed by atoms with van der Waals surface area (Å²) in [7, 11) is 0. The summed E-state index contributed by atoms with van der Waals surface area (Å²) in [6, 6.07) is 29.4. The highest BCUT2D eigenvalue weighted by molar-refractivity contribution is 8.28. The number of nitrogens with zero attached hydrogens (tertiary/aromatic N) is 1. The molecule has 1 aromatic heterocycles. The summed E-state index contributed by atoms with van der Waals surface area (Å²) in [4.78, 5) is 14.7. The Morgan fingerprint density at radius 2 is 1.52 bits per heavy atom. The molecule has 0 unspecified atom stereocenters. The highest BCUT2D eigenvalue weighted by Crippen LogP contribution is 2.41. The van der Waals surface area contributed by atoms with Crippen molar-refractivity contribution in [3.05, 3.63) is 95.2 Å². The molecule has 5 aromatic rings. The van der Waals surface area contributed by atoms with Gasteiger partial charge in [-0.05, 0) is 52.4 Å². The van der Waals surface area contributed by atoms with Crippen LogP contribution in [0, 0.1) is 0 Å². The van der Waals surface area contributed by atoms with E-state index in [0.717, 1.165) is 21.8 Å². The number of pyridine rings is 1. The van der Waals surface area contributed by atoms with Crippen molar-refractivity contribution >= 4 is 50.3 Å². The number of aromatic nitrogens is 1.